The van der Waals surface area contributed by atoms with Crippen molar-refractivity contribution < 1.29 is 9.90 Å². The standard InChI is InChI=1S/C11H16N4O2/c12-10-9(11(17)13-5-6-16)14-7-3-1-2-4-8(7)15-10/h16H,1-6H2,(H2,12,15)(H,13,17). The predicted octanol–water partition coefficient (Wildman–Crippen LogP) is -0.340. The second kappa shape index (κ2) is 5.09. The summed E-state index contributed by atoms with van der Waals surface area (Å²) in [6, 6.07) is 0. The van der Waals surface area contributed by atoms with Crippen LogP contribution < -0.4 is 11.1 Å². The van der Waals surface area contributed by atoms with Gasteiger partial charge in [0.1, 0.15) is 0 Å². The first kappa shape index (κ1) is 11.8. The molecule has 0 fully saturated rings. The minimum absolute atomic E-state index is 0.107. The van der Waals surface area contributed by atoms with E-state index in [9.17, 15) is 4.79 Å². The fourth-order valence-electron chi connectivity index (χ4n) is 1.93. The van der Waals surface area contributed by atoms with Gasteiger partial charge in [0.15, 0.2) is 11.5 Å². The summed E-state index contributed by atoms with van der Waals surface area (Å²) in [4.78, 5) is 20.2. The number of aliphatic hydroxyl groups is 1. The van der Waals surface area contributed by atoms with Gasteiger partial charge in [0.2, 0.25) is 0 Å². The minimum atomic E-state index is -0.377. The molecule has 0 aliphatic heterocycles. The Labute approximate surface area is 99.3 Å². The summed E-state index contributed by atoms with van der Waals surface area (Å²) >= 11 is 0. The lowest BCUT2D eigenvalue weighted by Crippen LogP contribution is -2.29. The molecule has 2 rings (SSSR count). The number of amides is 1. The highest BCUT2D eigenvalue weighted by Crippen LogP contribution is 2.20. The van der Waals surface area contributed by atoms with Crippen LogP contribution in [-0.2, 0) is 12.8 Å². The third kappa shape index (κ3) is 2.52. The van der Waals surface area contributed by atoms with Gasteiger partial charge in [0.25, 0.3) is 5.91 Å². The number of aryl methyl sites for hydroxylation is 2. The molecule has 1 amide bonds. The van der Waals surface area contributed by atoms with Crippen molar-refractivity contribution in [3.8, 4) is 0 Å². The van der Waals surface area contributed by atoms with Crippen molar-refractivity contribution in [3.05, 3.63) is 17.1 Å². The molecule has 0 aromatic carbocycles. The van der Waals surface area contributed by atoms with Gasteiger partial charge in [-0.25, -0.2) is 9.97 Å². The number of hydrogen-bond donors (Lipinski definition) is 3. The zero-order valence-electron chi connectivity index (χ0n) is 9.57. The SMILES string of the molecule is Nc1nc2c(nc1C(=O)NCCO)CCCC2. The smallest absolute Gasteiger partial charge is 0.273 e. The number of hydrogen-bond acceptors (Lipinski definition) is 5. The van der Waals surface area contributed by atoms with Gasteiger partial charge in [0, 0.05) is 6.54 Å². The Hall–Kier alpha value is -1.69. The molecule has 1 aliphatic rings. The van der Waals surface area contributed by atoms with Crippen LogP contribution in [0.2, 0.25) is 0 Å². The average molecular weight is 236 g/mol. The Bertz CT molecular complexity index is 434. The lowest BCUT2D eigenvalue weighted by atomic mass is 10.0. The number of rotatable bonds is 3. The van der Waals surface area contributed by atoms with E-state index < -0.39 is 0 Å². The molecule has 1 aliphatic carbocycles. The first-order chi connectivity index (χ1) is 8.22. The van der Waals surface area contributed by atoms with E-state index in [4.69, 9.17) is 10.8 Å². The summed E-state index contributed by atoms with van der Waals surface area (Å²) in [5, 5.41) is 11.2. The fourth-order valence-corrected chi connectivity index (χ4v) is 1.93. The lowest BCUT2D eigenvalue weighted by molar-refractivity contribution is 0.0940. The molecule has 0 spiro atoms. The van der Waals surface area contributed by atoms with Crippen molar-refractivity contribution in [1.29, 1.82) is 0 Å². The van der Waals surface area contributed by atoms with Crippen LogP contribution >= 0.6 is 0 Å². The largest absolute Gasteiger partial charge is 0.395 e. The van der Waals surface area contributed by atoms with E-state index in [0.29, 0.717) is 0 Å². The number of fused-ring (bicyclic) bond motifs is 1. The lowest BCUT2D eigenvalue weighted by Gasteiger charge is -2.15. The highest BCUT2D eigenvalue weighted by atomic mass is 16.3. The Morgan fingerprint density at radius 1 is 1.29 bits per heavy atom. The topological polar surface area (TPSA) is 101 Å². The number of carbonyl (C=O) groups excluding carboxylic acids is 1. The summed E-state index contributed by atoms with van der Waals surface area (Å²) in [5.41, 5.74) is 7.67. The number of nitrogens with zero attached hydrogens (tertiary/aromatic N) is 2. The molecule has 0 atom stereocenters. The summed E-state index contributed by atoms with van der Waals surface area (Å²) in [5.74, 6) is -0.210. The van der Waals surface area contributed by atoms with E-state index in [1.165, 1.54) is 0 Å². The Kier molecular flexibility index (Phi) is 3.53. The van der Waals surface area contributed by atoms with Gasteiger partial charge in [-0.3, -0.25) is 4.79 Å². The second-order valence-corrected chi connectivity index (χ2v) is 4.04. The molecule has 0 unspecified atom stereocenters. The monoisotopic (exact) mass is 236 g/mol. The van der Waals surface area contributed by atoms with Crippen LogP contribution in [0.4, 0.5) is 5.82 Å². The quantitative estimate of drug-likeness (QED) is 0.666. The molecule has 1 aromatic rings. The molecule has 0 saturated carbocycles. The molecule has 0 radical (unpaired) electrons. The van der Waals surface area contributed by atoms with Crippen LogP contribution in [0.5, 0.6) is 0 Å². The highest BCUT2D eigenvalue weighted by Gasteiger charge is 2.19. The van der Waals surface area contributed by atoms with E-state index in [0.717, 1.165) is 37.1 Å². The van der Waals surface area contributed by atoms with Crippen molar-refractivity contribution in [2.45, 2.75) is 25.7 Å². The van der Waals surface area contributed by atoms with Gasteiger partial charge < -0.3 is 16.2 Å². The maximum Gasteiger partial charge on any atom is 0.273 e. The van der Waals surface area contributed by atoms with Crippen molar-refractivity contribution in [2.24, 2.45) is 0 Å². The van der Waals surface area contributed by atoms with Gasteiger partial charge in [0.05, 0.1) is 18.0 Å². The maximum absolute atomic E-state index is 11.7. The molecule has 6 heteroatoms. The molecular weight excluding hydrogens is 220 g/mol. The fraction of sp³-hybridized carbons (Fsp3) is 0.545. The first-order valence-corrected chi connectivity index (χ1v) is 5.76. The molecule has 1 aromatic heterocycles. The average Bonchev–Trinajstić information content (AvgIpc) is 2.35. The highest BCUT2D eigenvalue weighted by molar-refractivity contribution is 5.96. The van der Waals surface area contributed by atoms with E-state index in [1.807, 2.05) is 0 Å². The number of nitrogens with one attached hydrogen (secondary N) is 1. The van der Waals surface area contributed by atoms with Gasteiger partial charge >= 0.3 is 0 Å². The van der Waals surface area contributed by atoms with Crippen molar-refractivity contribution in [1.82, 2.24) is 15.3 Å². The van der Waals surface area contributed by atoms with Gasteiger partial charge in [-0.1, -0.05) is 0 Å². The molecule has 6 nitrogen and oxygen atoms in total. The molecule has 4 N–H and O–H groups in total. The van der Waals surface area contributed by atoms with Crippen LogP contribution in [0.1, 0.15) is 34.7 Å². The van der Waals surface area contributed by atoms with E-state index in [1.54, 1.807) is 0 Å². The minimum Gasteiger partial charge on any atom is -0.395 e. The van der Waals surface area contributed by atoms with Gasteiger partial charge in [-0.15, -0.1) is 0 Å². The molecule has 1 heterocycles. The van der Waals surface area contributed by atoms with Crippen molar-refractivity contribution in [3.63, 3.8) is 0 Å². The Morgan fingerprint density at radius 3 is 2.59 bits per heavy atom. The van der Waals surface area contributed by atoms with Gasteiger partial charge in [-0.2, -0.15) is 0 Å². The number of aliphatic hydroxyl groups excluding tert-OH is 1. The molecule has 92 valence electrons. The summed E-state index contributed by atoms with van der Waals surface area (Å²) in [7, 11) is 0. The van der Waals surface area contributed by atoms with Gasteiger partial charge in [-0.05, 0) is 25.7 Å². The maximum atomic E-state index is 11.7. The zero-order chi connectivity index (χ0) is 12.3. The summed E-state index contributed by atoms with van der Waals surface area (Å²) < 4.78 is 0. The normalized spacial score (nSPS) is 14.2. The molecule has 0 saturated heterocycles. The Balaban J connectivity index is 2.25. The van der Waals surface area contributed by atoms with Crippen LogP contribution in [0, 0.1) is 0 Å². The first-order valence-electron chi connectivity index (χ1n) is 5.76. The van der Waals surface area contributed by atoms with E-state index >= 15 is 0 Å². The van der Waals surface area contributed by atoms with Crippen LogP contribution in [0.15, 0.2) is 0 Å². The molecule has 17 heavy (non-hydrogen) atoms. The summed E-state index contributed by atoms with van der Waals surface area (Å²) in [6.07, 6.45) is 3.90. The number of nitrogens with two attached hydrogens (primary N) is 1. The molecular formula is C11H16N4O2. The van der Waals surface area contributed by atoms with E-state index in [-0.39, 0.29) is 30.6 Å². The van der Waals surface area contributed by atoms with Crippen molar-refractivity contribution in [2.75, 3.05) is 18.9 Å². The Morgan fingerprint density at radius 2 is 1.94 bits per heavy atom. The third-order valence-corrected chi connectivity index (χ3v) is 2.77. The zero-order valence-corrected chi connectivity index (χ0v) is 9.57. The number of anilines is 1. The van der Waals surface area contributed by atoms with Crippen molar-refractivity contribution >= 4 is 11.7 Å². The van der Waals surface area contributed by atoms with Crippen LogP contribution in [-0.4, -0.2) is 34.1 Å². The number of carbonyl (C=O) groups is 1. The second-order valence-electron chi connectivity index (χ2n) is 4.04. The summed E-state index contributed by atoms with van der Waals surface area (Å²) in [6.45, 7) is 0.0844. The predicted molar refractivity (Wildman–Crippen MR) is 62.5 cm³/mol. The number of aromatic nitrogens is 2. The third-order valence-electron chi connectivity index (χ3n) is 2.77. The van der Waals surface area contributed by atoms with Crippen LogP contribution in [0.25, 0.3) is 0 Å². The van der Waals surface area contributed by atoms with E-state index in [2.05, 4.69) is 15.3 Å². The number of nitrogen functional groups attached to an aromatic ring is 1. The van der Waals surface area contributed by atoms with Crippen LogP contribution in [0.3, 0.4) is 0 Å². The molecule has 0 bridgehead atoms.